The Bertz CT molecular complexity index is 572. The number of halogens is 1. The Morgan fingerprint density at radius 2 is 2.14 bits per heavy atom. The number of nitrogens with two attached hydrogens (primary N) is 1. The smallest absolute Gasteiger partial charge is 0.229 e. The van der Waals surface area contributed by atoms with Gasteiger partial charge in [-0.15, -0.1) is 0 Å². The number of aryl methyl sites for hydroxylation is 1. The van der Waals surface area contributed by atoms with Crippen LogP contribution in [0.1, 0.15) is 25.8 Å². The second-order valence-corrected chi connectivity index (χ2v) is 5.61. The number of benzene rings is 1. The number of hydrogen-bond acceptors (Lipinski definition) is 3. The lowest BCUT2D eigenvalue weighted by Crippen LogP contribution is -2.33. The molecule has 5 nitrogen and oxygen atoms in total. The Labute approximate surface area is 123 Å². The summed E-state index contributed by atoms with van der Waals surface area (Å²) >= 11 is 0. The number of carbonyl (C=O) groups is 2. The van der Waals surface area contributed by atoms with Crippen molar-refractivity contribution in [3.63, 3.8) is 0 Å². The number of carbonyl (C=O) groups excluding carboxylic acids is 2. The van der Waals surface area contributed by atoms with Crippen LogP contribution < -0.4 is 16.4 Å². The van der Waals surface area contributed by atoms with Crippen LogP contribution in [0.3, 0.4) is 0 Å². The fourth-order valence-electron chi connectivity index (χ4n) is 2.40. The molecule has 1 aliphatic rings. The zero-order valence-electron chi connectivity index (χ0n) is 12.2. The van der Waals surface area contributed by atoms with Crippen molar-refractivity contribution in [1.29, 1.82) is 0 Å². The number of nitrogens with one attached hydrogen (secondary N) is 2. The van der Waals surface area contributed by atoms with E-state index in [2.05, 4.69) is 10.6 Å². The normalized spacial score (nSPS) is 15.4. The van der Waals surface area contributed by atoms with E-state index < -0.39 is 5.82 Å². The number of fused-ring (bicyclic) bond motifs is 1. The molecule has 2 rings (SSSR count). The van der Waals surface area contributed by atoms with E-state index in [9.17, 15) is 14.0 Å². The molecule has 0 fully saturated rings. The molecule has 1 aliphatic heterocycles. The summed E-state index contributed by atoms with van der Waals surface area (Å²) in [5.41, 5.74) is 6.95. The molecule has 1 heterocycles. The third-order valence-electron chi connectivity index (χ3n) is 3.74. The fourth-order valence-corrected chi connectivity index (χ4v) is 2.40. The lowest BCUT2D eigenvalue weighted by atomic mass is 9.95. The first-order valence-electron chi connectivity index (χ1n) is 7.05. The van der Waals surface area contributed by atoms with E-state index in [0.717, 1.165) is 5.56 Å². The fraction of sp³-hybridized carbons (Fsp3) is 0.467. The minimum Gasteiger partial charge on any atom is -0.330 e. The van der Waals surface area contributed by atoms with Crippen molar-refractivity contribution in [3.8, 4) is 0 Å². The summed E-state index contributed by atoms with van der Waals surface area (Å²) in [7, 11) is 0. The molecule has 1 aromatic carbocycles. The van der Waals surface area contributed by atoms with Crippen LogP contribution >= 0.6 is 0 Å². The third kappa shape index (κ3) is 3.39. The molecule has 0 saturated heterocycles. The second kappa shape index (κ2) is 6.22. The molecular weight excluding hydrogens is 273 g/mol. The zero-order chi connectivity index (χ0) is 15.6. The van der Waals surface area contributed by atoms with Gasteiger partial charge in [-0.2, -0.15) is 0 Å². The van der Waals surface area contributed by atoms with E-state index >= 15 is 0 Å². The van der Waals surface area contributed by atoms with E-state index in [4.69, 9.17) is 5.73 Å². The Morgan fingerprint density at radius 1 is 1.43 bits per heavy atom. The highest BCUT2D eigenvalue weighted by Crippen LogP contribution is 2.29. The number of rotatable bonds is 4. The van der Waals surface area contributed by atoms with Gasteiger partial charge in [0, 0.05) is 18.7 Å². The zero-order valence-corrected chi connectivity index (χ0v) is 12.2. The molecule has 2 amide bonds. The Hall–Kier alpha value is -1.95. The molecule has 0 saturated carbocycles. The summed E-state index contributed by atoms with van der Waals surface area (Å²) in [4.78, 5) is 23.5. The van der Waals surface area contributed by atoms with Gasteiger partial charge in [-0.05, 0) is 30.0 Å². The van der Waals surface area contributed by atoms with Crippen LogP contribution in [0.4, 0.5) is 15.8 Å². The highest BCUT2D eigenvalue weighted by Gasteiger charge is 2.23. The second-order valence-electron chi connectivity index (χ2n) is 5.61. The number of hydrogen-bond donors (Lipinski definition) is 3. The van der Waals surface area contributed by atoms with E-state index in [1.165, 1.54) is 12.1 Å². The molecular formula is C15H20FN3O2. The average molecular weight is 293 g/mol. The van der Waals surface area contributed by atoms with Crippen molar-refractivity contribution in [2.45, 2.75) is 26.7 Å². The van der Waals surface area contributed by atoms with Gasteiger partial charge in [0.15, 0.2) is 0 Å². The van der Waals surface area contributed by atoms with Crippen molar-refractivity contribution in [2.75, 3.05) is 17.2 Å². The lowest BCUT2D eigenvalue weighted by Gasteiger charge is -2.21. The van der Waals surface area contributed by atoms with Crippen LogP contribution in [-0.4, -0.2) is 18.4 Å². The molecule has 1 atom stereocenters. The first-order valence-corrected chi connectivity index (χ1v) is 7.05. The van der Waals surface area contributed by atoms with Gasteiger partial charge in [0.1, 0.15) is 5.82 Å². The van der Waals surface area contributed by atoms with Gasteiger partial charge in [-0.1, -0.05) is 13.8 Å². The van der Waals surface area contributed by atoms with Gasteiger partial charge in [-0.3, -0.25) is 9.59 Å². The standard InChI is InChI=1S/C15H20FN3O2/c1-8(2)10(7-17)15(21)19-13-6-12-9(5-11(13)16)3-4-14(20)18-12/h5-6,8,10H,3-4,7,17H2,1-2H3,(H,18,20)(H,19,21). The lowest BCUT2D eigenvalue weighted by molar-refractivity contribution is -0.120. The molecule has 1 unspecified atom stereocenters. The summed E-state index contributed by atoms with van der Waals surface area (Å²) in [6.07, 6.45) is 0.852. The summed E-state index contributed by atoms with van der Waals surface area (Å²) in [6.45, 7) is 3.98. The van der Waals surface area contributed by atoms with E-state index in [0.29, 0.717) is 18.5 Å². The van der Waals surface area contributed by atoms with Crippen LogP contribution in [0.15, 0.2) is 12.1 Å². The number of amides is 2. The Balaban J connectivity index is 2.22. The molecule has 114 valence electrons. The molecule has 6 heteroatoms. The third-order valence-corrected chi connectivity index (χ3v) is 3.74. The van der Waals surface area contributed by atoms with Crippen LogP contribution in [0.5, 0.6) is 0 Å². The molecule has 0 bridgehead atoms. The van der Waals surface area contributed by atoms with Crippen LogP contribution in [0.2, 0.25) is 0 Å². The average Bonchev–Trinajstić information content (AvgIpc) is 2.40. The van der Waals surface area contributed by atoms with Gasteiger partial charge in [0.2, 0.25) is 11.8 Å². The summed E-state index contributed by atoms with van der Waals surface area (Å²) < 4.78 is 14.0. The molecule has 1 aromatic rings. The van der Waals surface area contributed by atoms with Crippen LogP contribution in [-0.2, 0) is 16.0 Å². The largest absolute Gasteiger partial charge is 0.330 e. The predicted octanol–water partition coefficient (Wildman–Crippen LogP) is 1.88. The Morgan fingerprint density at radius 3 is 2.76 bits per heavy atom. The maximum atomic E-state index is 14.0. The van der Waals surface area contributed by atoms with E-state index in [1.54, 1.807) is 0 Å². The topological polar surface area (TPSA) is 84.2 Å². The summed E-state index contributed by atoms with van der Waals surface area (Å²) in [5, 5.41) is 5.25. The maximum absolute atomic E-state index is 14.0. The molecule has 4 N–H and O–H groups in total. The van der Waals surface area contributed by atoms with Gasteiger partial charge in [-0.25, -0.2) is 4.39 Å². The molecule has 0 radical (unpaired) electrons. The van der Waals surface area contributed by atoms with Crippen LogP contribution in [0.25, 0.3) is 0 Å². The minimum atomic E-state index is -0.502. The predicted molar refractivity (Wildman–Crippen MR) is 79.4 cm³/mol. The van der Waals surface area contributed by atoms with Crippen molar-refractivity contribution in [1.82, 2.24) is 0 Å². The Kier molecular flexibility index (Phi) is 4.57. The highest BCUT2D eigenvalue weighted by atomic mass is 19.1. The first-order chi connectivity index (χ1) is 9.92. The highest BCUT2D eigenvalue weighted by molar-refractivity contribution is 5.97. The quantitative estimate of drug-likeness (QED) is 0.792. The summed E-state index contributed by atoms with van der Waals surface area (Å²) in [5.74, 6) is -1.23. The monoisotopic (exact) mass is 293 g/mol. The molecule has 0 spiro atoms. The number of anilines is 2. The SMILES string of the molecule is CC(C)C(CN)C(=O)Nc1cc2c(cc1F)CCC(=O)N2. The van der Waals surface area contributed by atoms with Gasteiger partial charge in [0.05, 0.1) is 11.6 Å². The molecule has 0 aromatic heterocycles. The first kappa shape index (κ1) is 15.4. The van der Waals surface area contributed by atoms with Crippen molar-refractivity contribution < 1.29 is 14.0 Å². The minimum absolute atomic E-state index is 0.0652. The van der Waals surface area contributed by atoms with Gasteiger partial charge in [0.25, 0.3) is 0 Å². The van der Waals surface area contributed by atoms with Crippen molar-refractivity contribution >= 4 is 23.2 Å². The molecule has 0 aliphatic carbocycles. The van der Waals surface area contributed by atoms with E-state index in [-0.39, 0.29) is 35.9 Å². The summed E-state index contributed by atoms with van der Waals surface area (Å²) in [6, 6.07) is 2.82. The van der Waals surface area contributed by atoms with Crippen molar-refractivity contribution in [2.24, 2.45) is 17.6 Å². The van der Waals surface area contributed by atoms with Crippen LogP contribution in [0, 0.1) is 17.7 Å². The van der Waals surface area contributed by atoms with Gasteiger partial charge >= 0.3 is 0 Å². The molecule has 21 heavy (non-hydrogen) atoms. The van der Waals surface area contributed by atoms with Gasteiger partial charge < -0.3 is 16.4 Å². The van der Waals surface area contributed by atoms with Crippen molar-refractivity contribution in [3.05, 3.63) is 23.5 Å². The van der Waals surface area contributed by atoms with E-state index in [1.807, 2.05) is 13.8 Å². The maximum Gasteiger partial charge on any atom is 0.229 e.